The van der Waals surface area contributed by atoms with Crippen LogP contribution in [0, 0.1) is 0 Å². The van der Waals surface area contributed by atoms with E-state index in [4.69, 9.17) is 0 Å². The third kappa shape index (κ3) is 22.7. The Balaban J connectivity index is 0.000000180. The van der Waals surface area contributed by atoms with Gasteiger partial charge in [-0.05, 0) is 196 Å². The fourth-order valence-corrected chi connectivity index (χ4v) is 14.4. The maximum Gasteiger partial charge on any atom is -0.0109 e. The highest BCUT2D eigenvalue weighted by Crippen LogP contribution is 2.42. The molecule has 0 aliphatic rings. The van der Waals surface area contributed by atoms with Gasteiger partial charge in [-0.15, -0.1) is 0 Å². The summed E-state index contributed by atoms with van der Waals surface area (Å²) in [6.07, 6.45) is 0. The van der Waals surface area contributed by atoms with Crippen LogP contribution >= 0.6 is 0 Å². The van der Waals surface area contributed by atoms with E-state index in [-0.39, 0.29) is 65.0 Å². The Labute approximate surface area is 659 Å². The normalized spacial score (nSPS) is 13.0. The molecular formula is C108H144. The van der Waals surface area contributed by atoms with Crippen molar-refractivity contribution in [3.05, 3.63) is 285 Å². The van der Waals surface area contributed by atoms with Crippen LogP contribution in [0.3, 0.4) is 0 Å². The molecule has 0 aromatic heterocycles. The number of hydrogen-bond acceptors (Lipinski definition) is 0. The summed E-state index contributed by atoms with van der Waals surface area (Å²) < 4.78 is 0. The molecule has 108 heavy (non-hydrogen) atoms. The van der Waals surface area contributed by atoms with Crippen molar-refractivity contribution in [1.29, 1.82) is 0 Å². The molecule has 0 aliphatic heterocycles. The first-order valence-corrected chi connectivity index (χ1v) is 40.4. The zero-order valence-corrected chi connectivity index (χ0v) is 74.8. The van der Waals surface area contributed by atoms with Crippen LogP contribution in [0.1, 0.15) is 316 Å². The standard InChI is InChI=1S/6C18H24/c1-17(2,3)15-11-7-10-14-13(15)9-8-12-16(14)18(4,5)6;1-17(2,3)15-9-7-14-12-16(18(4,5)6)10-8-13(14)11-15;1-17(2,3)15-9-7-13-8-10-16(18(4,5)6)12-14(13)11-15;1-17(2,3)14-11-7-9-13-10-8-12-15(16(13)14)18(4,5)6;1-17(2,3)14-11-10-13-8-7-9-16(15(13)12-14)18(4,5)6;1-17(2,3)15-11-13-9-7-8-10-14(13)12-16(15)18(4,5)6/h6*7-12H,1-6H3. The first-order chi connectivity index (χ1) is 49.2. The SMILES string of the molecule is CC(C)(C)c1cc2ccccc2cc1C(C)(C)C.CC(C)(C)c1ccc2cc(C(C)(C)C)ccc2c1.CC(C)(C)c1ccc2ccc(C(C)(C)C)cc2c1.CC(C)(C)c1ccc2cccc(C(C)(C)C)c2c1.CC(C)(C)c1cccc2c(C(C)(C)C)cccc12.CC(C)(C)c1cccc2cccc(C(C)(C)C)c12. The molecule has 0 radical (unpaired) electrons. The van der Waals surface area contributed by atoms with Crippen molar-refractivity contribution in [3.8, 4) is 0 Å². The van der Waals surface area contributed by atoms with E-state index in [0.29, 0.717) is 0 Å². The minimum Gasteiger partial charge on any atom is -0.0616 e. The van der Waals surface area contributed by atoms with Crippen molar-refractivity contribution in [2.75, 3.05) is 0 Å². The lowest BCUT2D eigenvalue weighted by Crippen LogP contribution is -2.21. The smallest absolute Gasteiger partial charge is 0.0109 e. The molecule has 0 nitrogen and oxygen atoms in total. The van der Waals surface area contributed by atoms with Crippen LogP contribution in [0.2, 0.25) is 0 Å². The molecule has 0 atom stereocenters. The van der Waals surface area contributed by atoms with Crippen LogP contribution in [0.25, 0.3) is 64.6 Å². The summed E-state index contributed by atoms with van der Waals surface area (Å²) in [6.45, 7) is 82.1. The van der Waals surface area contributed by atoms with Crippen molar-refractivity contribution in [3.63, 3.8) is 0 Å². The summed E-state index contributed by atoms with van der Waals surface area (Å²) in [4.78, 5) is 0. The Morgan fingerprint density at radius 2 is 0.352 bits per heavy atom. The predicted octanol–water partition coefficient (Wildman–Crippen LogP) is 32.6. The molecule has 0 saturated carbocycles. The van der Waals surface area contributed by atoms with Crippen molar-refractivity contribution in [2.24, 2.45) is 0 Å². The summed E-state index contributed by atoms with van der Waals surface area (Å²) in [5.41, 5.74) is 19.5. The molecule has 0 saturated heterocycles. The highest BCUT2D eigenvalue weighted by Gasteiger charge is 2.28. The van der Waals surface area contributed by atoms with Gasteiger partial charge in [0.1, 0.15) is 0 Å². The number of fused-ring (bicyclic) bond motifs is 6. The Hall–Kier alpha value is -7.80. The van der Waals surface area contributed by atoms with Crippen LogP contribution in [0.4, 0.5) is 0 Å². The molecular weight excluding hydrogens is 1300 g/mol. The molecule has 576 valence electrons. The second-order valence-corrected chi connectivity index (χ2v) is 43.5. The lowest BCUT2D eigenvalue weighted by atomic mass is 9.74. The topological polar surface area (TPSA) is 0 Å². The molecule has 0 N–H and O–H groups in total. The summed E-state index contributed by atoms with van der Waals surface area (Å²) in [5, 5.41) is 16.4. The van der Waals surface area contributed by atoms with Gasteiger partial charge in [-0.1, -0.05) is 468 Å². The van der Waals surface area contributed by atoms with Gasteiger partial charge in [0.25, 0.3) is 0 Å². The molecule has 12 rings (SSSR count). The lowest BCUT2D eigenvalue weighted by molar-refractivity contribution is 0.531. The van der Waals surface area contributed by atoms with Crippen LogP contribution in [0.5, 0.6) is 0 Å². The fraction of sp³-hybridized carbons (Fsp3) is 0.444. The van der Waals surface area contributed by atoms with Gasteiger partial charge in [-0.2, -0.15) is 0 Å². The van der Waals surface area contributed by atoms with E-state index >= 15 is 0 Å². The molecule has 0 fully saturated rings. The molecule has 0 spiro atoms. The van der Waals surface area contributed by atoms with Gasteiger partial charge in [0.05, 0.1) is 0 Å². The quantitative estimate of drug-likeness (QED) is 0.142. The molecule has 12 aromatic rings. The van der Waals surface area contributed by atoms with Gasteiger partial charge >= 0.3 is 0 Å². The van der Waals surface area contributed by atoms with E-state index in [2.05, 4.69) is 468 Å². The summed E-state index contributed by atoms with van der Waals surface area (Å²) >= 11 is 0. The van der Waals surface area contributed by atoms with E-state index in [1.165, 1.54) is 131 Å². The Morgan fingerprint density at radius 1 is 0.130 bits per heavy atom. The molecule has 0 amide bonds. The second-order valence-electron chi connectivity index (χ2n) is 43.5. The third-order valence-electron chi connectivity index (χ3n) is 21.3. The third-order valence-corrected chi connectivity index (χ3v) is 21.3. The maximum atomic E-state index is 2.37. The van der Waals surface area contributed by atoms with Gasteiger partial charge < -0.3 is 0 Å². The highest BCUT2D eigenvalue weighted by molar-refractivity contribution is 5.93. The average Bonchev–Trinajstić information content (AvgIpc) is 0.794. The zero-order valence-electron chi connectivity index (χ0n) is 74.8. The Bertz CT molecular complexity index is 4740. The Morgan fingerprint density at radius 3 is 0.648 bits per heavy atom. The van der Waals surface area contributed by atoms with Crippen molar-refractivity contribution < 1.29 is 0 Å². The molecule has 12 aromatic carbocycles. The minimum absolute atomic E-state index is 0.181. The van der Waals surface area contributed by atoms with E-state index in [1.54, 1.807) is 0 Å². The van der Waals surface area contributed by atoms with Crippen molar-refractivity contribution in [2.45, 2.75) is 314 Å². The van der Waals surface area contributed by atoms with E-state index in [0.717, 1.165) is 0 Å². The number of benzene rings is 12. The van der Waals surface area contributed by atoms with Crippen LogP contribution < -0.4 is 0 Å². The average molecular weight is 1440 g/mol. The predicted molar refractivity (Wildman–Crippen MR) is 488 cm³/mol. The van der Waals surface area contributed by atoms with E-state index in [9.17, 15) is 0 Å². The van der Waals surface area contributed by atoms with Crippen molar-refractivity contribution >= 4 is 64.6 Å². The van der Waals surface area contributed by atoms with Gasteiger partial charge in [-0.3, -0.25) is 0 Å². The number of hydrogen-bond donors (Lipinski definition) is 0. The van der Waals surface area contributed by atoms with Gasteiger partial charge in [0.2, 0.25) is 0 Å². The number of rotatable bonds is 0. The fourth-order valence-electron chi connectivity index (χ4n) is 14.4. The lowest BCUT2D eigenvalue weighted by Gasteiger charge is -2.30. The molecule has 0 unspecified atom stereocenters. The summed E-state index contributed by atoms with van der Waals surface area (Å²) in [7, 11) is 0. The monoisotopic (exact) mass is 1440 g/mol. The maximum absolute atomic E-state index is 2.37. The molecule has 0 aliphatic carbocycles. The summed E-state index contributed by atoms with van der Waals surface area (Å²) in [5.74, 6) is 0. The second kappa shape index (κ2) is 32.3. The van der Waals surface area contributed by atoms with E-state index < -0.39 is 0 Å². The van der Waals surface area contributed by atoms with Gasteiger partial charge in [-0.25, -0.2) is 0 Å². The van der Waals surface area contributed by atoms with Gasteiger partial charge in [0.15, 0.2) is 0 Å². The van der Waals surface area contributed by atoms with Crippen LogP contribution in [-0.2, 0) is 65.0 Å². The largest absolute Gasteiger partial charge is 0.0616 e. The highest BCUT2D eigenvalue weighted by atomic mass is 14.3. The van der Waals surface area contributed by atoms with Crippen LogP contribution in [-0.4, -0.2) is 0 Å². The zero-order chi connectivity index (χ0) is 81.3. The first-order valence-electron chi connectivity index (χ1n) is 40.4. The van der Waals surface area contributed by atoms with Crippen molar-refractivity contribution in [1.82, 2.24) is 0 Å². The van der Waals surface area contributed by atoms with Gasteiger partial charge in [0, 0.05) is 0 Å². The van der Waals surface area contributed by atoms with E-state index in [1.807, 2.05) is 0 Å². The first kappa shape index (κ1) is 87.4. The summed E-state index contributed by atoms with van der Waals surface area (Å²) in [6, 6.07) is 81.0. The Kier molecular flexibility index (Phi) is 26.1. The molecule has 0 bridgehead atoms. The molecule has 0 heteroatoms. The minimum atomic E-state index is 0.181. The van der Waals surface area contributed by atoms with Crippen LogP contribution in [0.15, 0.2) is 218 Å². The molecule has 0 heterocycles.